The quantitative estimate of drug-likeness (QED) is 0.419. The highest BCUT2D eigenvalue weighted by molar-refractivity contribution is 6.37. The second kappa shape index (κ2) is 4.21. The van der Waals surface area contributed by atoms with Crippen molar-refractivity contribution in [1.82, 2.24) is 9.38 Å². The van der Waals surface area contributed by atoms with Gasteiger partial charge in [0.25, 0.3) is 5.56 Å². The molecule has 0 bridgehead atoms. The number of halogens is 1. The topological polar surface area (TPSA) is 34.4 Å². The summed E-state index contributed by atoms with van der Waals surface area (Å²) >= 11 is 6.32. The van der Waals surface area contributed by atoms with Crippen LogP contribution in [-0.2, 0) is 0 Å². The zero-order chi connectivity index (χ0) is 15.7. The van der Waals surface area contributed by atoms with Crippen LogP contribution in [0.2, 0.25) is 5.02 Å². The maximum absolute atomic E-state index is 13.0. The molecule has 5 rings (SSSR count). The molecule has 2 heterocycles. The van der Waals surface area contributed by atoms with Crippen LogP contribution in [0.3, 0.4) is 0 Å². The van der Waals surface area contributed by atoms with Crippen molar-refractivity contribution in [2.45, 2.75) is 6.92 Å². The van der Waals surface area contributed by atoms with Crippen molar-refractivity contribution in [1.29, 1.82) is 0 Å². The Morgan fingerprint density at radius 3 is 2.70 bits per heavy atom. The van der Waals surface area contributed by atoms with Crippen LogP contribution in [0.4, 0.5) is 0 Å². The molecular weight excluding hydrogens is 308 g/mol. The molecule has 0 radical (unpaired) electrons. The monoisotopic (exact) mass is 318 g/mol. The van der Waals surface area contributed by atoms with Gasteiger partial charge in [0.05, 0.1) is 11.0 Å². The lowest BCUT2D eigenvalue weighted by molar-refractivity contribution is 1.19. The van der Waals surface area contributed by atoms with E-state index in [0.29, 0.717) is 16.1 Å². The number of aryl methyl sites for hydroxylation is 1. The molecule has 0 aliphatic rings. The first-order chi connectivity index (χ1) is 11.1. The Morgan fingerprint density at radius 2 is 1.83 bits per heavy atom. The van der Waals surface area contributed by atoms with Gasteiger partial charge in [-0.3, -0.25) is 9.20 Å². The van der Waals surface area contributed by atoms with E-state index in [1.165, 1.54) is 0 Å². The van der Waals surface area contributed by atoms with Gasteiger partial charge in [0.1, 0.15) is 5.65 Å². The van der Waals surface area contributed by atoms with E-state index in [9.17, 15) is 4.79 Å². The molecule has 23 heavy (non-hydrogen) atoms. The fourth-order valence-electron chi connectivity index (χ4n) is 3.43. The molecule has 0 aliphatic heterocycles. The molecule has 4 heteroatoms. The lowest BCUT2D eigenvalue weighted by atomic mass is 10.0. The van der Waals surface area contributed by atoms with E-state index in [1.54, 1.807) is 4.40 Å². The van der Waals surface area contributed by atoms with Crippen LogP contribution in [0.25, 0.3) is 38.2 Å². The zero-order valence-electron chi connectivity index (χ0n) is 12.3. The Morgan fingerprint density at radius 1 is 1.00 bits per heavy atom. The second-order valence-electron chi connectivity index (χ2n) is 5.89. The molecule has 0 aliphatic carbocycles. The predicted molar refractivity (Wildman–Crippen MR) is 94.9 cm³/mol. The van der Waals surface area contributed by atoms with Gasteiger partial charge in [-0.05, 0) is 42.8 Å². The third-order valence-electron chi connectivity index (χ3n) is 4.47. The Bertz CT molecular complexity index is 1300. The molecule has 0 spiro atoms. The number of benzene rings is 3. The van der Waals surface area contributed by atoms with E-state index < -0.39 is 0 Å². The SMILES string of the molecule is Cc1ccc2c(c1)nc1c3ccc(Cl)c4cccc(c(=O)n21)c43. The summed E-state index contributed by atoms with van der Waals surface area (Å²) in [6, 6.07) is 15.5. The van der Waals surface area contributed by atoms with E-state index in [1.807, 2.05) is 55.5 Å². The van der Waals surface area contributed by atoms with E-state index in [4.69, 9.17) is 16.6 Å². The highest BCUT2D eigenvalue weighted by atomic mass is 35.5. The molecule has 0 N–H and O–H groups in total. The van der Waals surface area contributed by atoms with Gasteiger partial charge in [0.15, 0.2) is 0 Å². The zero-order valence-corrected chi connectivity index (χ0v) is 13.1. The van der Waals surface area contributed by atoms with Crippen LogP contribution in [0.5, 0.6) is 0 Å². The standard InChI is InChI=1S/C19H11ClN2O/c1-10-5-8-16-15(9-10)21-18-12-6-7-14(20)11-3-2-4-13(17(11)12)19(23)22(16)18/h2-9H,1H3. The number of rotatable bonds is 0. The van der Waals surface area contributed by atoms with E-state index in [0.717, 1.165) is 32.8 Å². The highest BCUT2D eigenvalue weighted by Gasteiger charge is 2.16. The largest absolute Gasteiger partial charge is 0.268 e. The summed E-state index contributed by atoms with van der Waals surface area (Å²) in [5.41, 5.74) is 3.44. The molecule has 0 amide bonds. The van der Waals surface area contributed by atoms with Crippen LogP contribution in [0, 0.1) is 6.92 Å². The minimum absolute atomic E-state index is 0.0493. The van der Waals surface area contributed by atoms with Crippen molar-refractivity contribution in [3.05, 3.63) is 69.5 Å². The normalized spacial score (nSPS) is 12.1. The smallest absolute Gasteiger partial charge is 0.264 e. The molecule has 0 saturated carbocycles. The summed E-state index contributed by atoms with van der Waals surface area (Å²) < 4.78 is 1.71. The molecule has 110 valence electrons. The average molecular weight is 319 g/mol. The molecule has 3 nitrogen and oxygen atoms in total. The average Bonchev–Trinajstić information content (AvgIpc) is 2.92. The summed E-state index contributed by atoms with van der Waals surface area (Å²) in [6.45, 7) is 2.02. The summed E-state index contributed by atoms with van der Waals surface area (Å²) in [5.74, 6) is 0. The minimum Gasteiger partial charge on any atom is -0.268 e. The number of hydrogen-bond donors (Lipinski definition) is 0. The van der Waals surface area contributed by atoms with Crippen molar-refractivity contribution in [3.8, 4) is 0 Å². The van der Waals surface area contributed by atoms with Crippen molar-refractivity contribution in [2.75, 3.05) is 0 Å². The highest BCUT2D eigenvalue weighted by Crippen LogP contribution is 2.33. The lowest BCUT2D eigenvalue weighted by Gasteiger charge is -2.08. The fourth-order valence-corrected chi connectivity index (χ4v) is 3.65. The van der Waals surface area contributed by atoms with Gasteiger partial charge in [0, 0.05) is 26.6 Å². The molecule has 0 saturated heterocycles. The first kappa shape index (κ1) is 12.9. The maximum atomic E-state index is 13.0. The predicted octanol–water partition coefficient (Wildman–Crippen LogP) is 4.55. The van der Waals surface area contributed by atoms with Crippen molar-refractivity contribution in [2.24, 2.45) is 0 Å². The second-order valence-corrected chi connectivity index (χ2v) is 6.30. The minimum atomic E-state index is -0.0493. The number of nitrogens with zero attached hydrogens (tertiary/aromatic N) is 2. The molecule has 5 aromatic rings. The summed E-state index contributed by atoms with van der Waals surface area (Å²) in [4.78, 5) is 17.8. The van der Waals surface area contributed by atoms with Crippen molar-refractivity contribution in [3.63, 3.8) is 0 Å². The van der Waals surface area contributed by atoms with Gasteiger partial charge in [0.2, 0.25) is 0 Å². The van der Waals surface area contributed by atoms with Crippen LogP contribution in [0.1, 0.15) is 5.56 Å². The van der Waals surface area contributed by atoms with E-state index in [-0.39, 0.29) is 5.56 Å². The van der Waals surface area contributed by atoms with Gasteiger partial charge in [-0.2, -0.15) is 0 Å². The maximum Gasteiger partial charge on any atom is 0.264 e. The molecule has 0 fully saturated rings. The first-order valence-electron chi connectivity index (χ1n) is 7.40. The Kier molecular flexibility index (Phi) is 2.35. The van der Waals surface area contributed by atoms with Gasteiger partial charge in [-0.15, -0.1) is 0 Å². The van der Waals surface area contributed by atoms with Crippen molar-refractivity contribution >= 4 is 49.8 Å². The Balaban J connectivity index is 2.21. The molecular formula is C19H11ClN2O. The lowest BCUT2D eigenvalue weighted by Crippen LogP contribution is -2.13. The first-order valence-corrected chi connectivity index (χ1v) is 7.78. The van der Waals surface area contributed by atoms with E-state index in [2.05, 4.69) is 0 Å². The van der Waals surface area contributed by atoms with Gasteiger partial charge in [-0.1, -0.05) is 29.8 Å². The third kappa shape index (κ3) is 1.55. The van der Waals surface area contributed by atoms with Crippen LogP contribution in [-0.4, -0.2) is 9.38 Å². The van der Waals surface area contributed by atoms with Gasteiger partial charge >= 0.3 is 0 Å². The fraction of sp³-hybridized carbons (Fsp3) is 0.0526. The number of pyridine rings is 1. The number of hydrogen-bond acceptors (Lipinski definition) is 2. The van der Waals surface area contributed by atoms with Gasteiger partial charge in [-0.25, -0.2) is 4.98 Å². The number of imidazole rings is 1. The summed E-state index contributed by atoms with van der Waals surface area (Å²) in [6.07, 6.45) is 0. The molecule has 3 aromatic carbocycles. The summed E-state index contributed by atoms with van der Waals surface area (Å²) in [7, 11) is 0. The van der Waals surface area contributed by atoms with Gasteiger partial charge < -0.3 is 0 Å². The van der Waals surface area contributed by atoms with Crippen LogP contribution >= 0.6 is 11.6 Å². The third-order valence-corrected chi connectivity index (χ3v) is 4.80. The molecule has 0 unspecified atom stereocenters. The molecule has 0 atom stereocenters. The van der Waals surface area contributed by atoms with E-state index >= 15 is 0 Å². The number of fused-ring (bicyclic) bond motifs is 4. The Labute approximate surface area is 136 Å². The van der Waals surface area contributed by atoms with Crippen LogP contribution < -0.4 is 5.56 Å². The summed E-state index contributed by atoms with van der Waals surface area (Å²) in [5, 5.41) is 4.06. The van der Waals surface area contributed by atoms with Crippen LogP contribution in [0.15, 0.2) is 53.3 Å². The Hall–Kier alpha value is -2.65. The van der Waals surface area contributed by atoms with Crippen molar-refractivity contribution < 1.29 is 0 Å². The number of aromatic nitrogens is 2. The molecule has 2 aromatic heterocycles.